The van der Waals surface area contributed by atoms with Crippen LogP contribution in [0.3, 0.4) is 0 Å². The van der Waals surface area contributed by atoms with Gasteiger partial charge in [0, 0.05) is 17.4 Å². The van der Waals surface area contributed by atoms with Crippen LogP contribution in [0.15, 0.2) is 29.1 Å². The SMILES string of the molecule is O=c1c2nn(Cc3ccccc3F)c(CF)c2nnn1[C@H]1[C@@H]2COC[C@@H]21. The van der Waals surface area contributed by atoms with Crippen LogP contribution in [0.4, 0.5) is 8.78 Å². The average Bonchev–Trinajstić information content (AvgIpc) is 2.98. The zero-order valence-electron chi connectivity index (χ0n) is 13.7. The maximum atomic E-state index is 13.9. The third-order valence-electron chi connectivity index (χ3n) is 5.28. The molecule has 1 aliphatic heterocycles. The number of ether oxygens (including phenoxy) is 1. The van der Waals surface area contributed by atoms with E-state index in [-0.39, 0.29) is 41.1 Å². The van der Waals surface area contributed by atoms with Crippen molar-refractivity contribution in [3.05, 3.63) is 51.7 Å². The molecule has 2 fully saturated rings. The monoisotopic (exact) mass is 359 g/mol. The van der Waals surface area contributed by atoms with E-state index < -0.39 is 18.1 Å². The van der Waals surface area contributed by atoms with Gasteiger partial charge in [0.1, 0.15) is 18.0 Å². The summed E-state index contributed by atoms with van der Waals surface area (Å²) in [6, 6.07) is 6.17. The van der Waals surface area contributed by atoms with Crippen molar-refractivity contribution < 1.29 is 13.5 Å². The molecule has 3 heterocycles. The number of hydrogen-bond acceptors (Lipinski definition) is 5. The normalized spacial score (nSPS) is 24.2. The lowest BCUT2D eigenvalue weighted by molar-refractivity contribution is 0.149. The molecule has 1 saturated heterocycles. The van der Waals surface area contributed by atoms with Crippen LogP contribution < -0.4 is 5.56 Å². The summed E-state index contributed by atoms with van der Waals surface area (Å²) in [4.78, 5) is 12.8. The Bertz CT molecular complexity index is 1050. The lowest BCUT2D eigenvalue weighted by atomic mass is 10.2. The highest BCUT2D eigenvalue weighted by Crippen LogP contribution is 2.53. The van der Waals surface area contributed by atoms with E-state index >= 15 is 0 Å². The zero-order chi connectivity index (χ0) is 17.8. The standard InChI is InChI=1S/C17H15F2N5O2/c18-5-13-14-15(21-23(13)6-9-3-1-2-4-12(9)19)17(25)24(22-20-14)16-10-7-26-8-11(10)16/h1-4,10-11,16H,5-8H2/t10-,11+,16+. The molecule has 0 radical (unpaired) electrons. The van der Waals surface area contributed by atoms with Crippen molar-refractivity contribution in [1.29, 1.82) is 0 Å². The molecule has 0 amide bonds. The quantitative estimate of drug-likeness (QED) is 0.705. The molecule has 0 N–H and O–H groups in total. The lowest BCUT2D eigenvalue weighted by Crippen LogP contribution is -2.26. The van der Waals surface area contributed by atoms with E-state index in [1.54, 1.807) is 18.2 Å². The molecule has 2 aliphatic rings. The zero-order valence-corrected chi connectivity index (χ0v) is 13.7. The molecule has 9 heteroatoms. The second-order valence-electron chi connectivity index (χ2n) is 6.72. The summed E-state index contributed by atoms with van der Waals surface area (Å²) in [5.41, 5.74) is 0.287. The Morgan fingerprint density at radius 1 is 1.19 bits per heavy atom. The highest BCUT2D eigenvalue weighted by atomic mass is 19.1. The van der Waals surface area contributed by atoms with Crippen LogP contribution in [0.5, 0.6) is 0 Å². The van der Waals surface area contributed by atoms with Crippen molar-refractivity contribution in [3.63, 3.8) is 0 Å². The molecule has 3 aromatic rings. The Morgan fingerprint density at radius 3 is 2.69 bits per heavy atom. The molecule has 1 aliphatic carbocycles. The number of hydrogen-bond donors (Lipinski definition) is 0. The smallest absolute Gasteiger partial charge is 0.298 e. The first-order chi connectivity index (χ1) is 12.7. The first-order valence-corrected chi connectivity index (χ1v) is 8.41. The number of alkyl halides is 1. The maximum Gasteiger partial charge on any atom is 0.298 e. The second-order valence-corrected chi connectivity index (χ2v) is 6.72. The van der Waals surface area contributed by atoms with Gasteiger partial charge in [-0.25, -0.2) is 13.5 Å². The third kappa shape index (κ3) is 2.20. The number of rotatable bonds is 4. The first-order valence-electron chi connectivity index (χ1n) is 8.41. The van der Waals surface area contributed by atoms with Crippen LogP contribution in [0, 0.1) is 17.7 Å². The highest BCUT2D eigenvalue weighted by Gasteiger charge is 2.56. The van der Waals surface area contributed by atoms with E-state index in [9.17, 15) is 13.6 Å². The van der Waals surface area contributed by atoms with Gasteiger partial charge in [0.25, 0.3) is 5.56 Å². The minimum atomic E-state index is -0.869. The van der Waals surface area contributed by atoms with Crippen molar-refractivity contribution in [2.24, 2.45) is 11.8 Å². The number of aromatic nitrogens is 5. The molecule has 5 rings (SSSR count). The number of benzene rings is 1. The molecular weight excluding hydrogens is 344 g/mol. The molecule has 3 atom stereocenters. The second kappa shape index (κ2) is 5.66. The summed E-state index contributed by atoms with van der Waals surface area (Å²) in [7, 11) is 0. The molecule has 0 spiro atoms. The molecule has 2 aromatic heterocycles. The van der Waals surface area contributed by atoms with Crippen molar-refractivity contribution in [3.8, 4) is 0 Å². The van der Waals surface area contributed by atoms with Crippen molar-refractivity contribution >= 4 is 11.0 Å². The van der Waals surface area contributed by atoms with Gasteiger partial charge in [-0.15, -0.1) is 5.10 Å². The van der Waals surface area contributed by atoms with Crippen molar-refractivity contribution in [2.45, 2.75) is 19.3 Å². The Kier molecular flexibility index (Phi) is 3.39. The van der Waals surface area contributed by atoms with Gasteiger partial charge in [-0.1, -0.05) is 23.4 Å². The van der Waals surface area contributed by atoms with E-state index in [2.05, 4.69) is 15.4 Å². The van der Waals surface area contributed by atoms with Gasteiger partial charge in [-0.3, -0.25) is 9.48 Å². The van der Waals surface area contributed by atoms with E-state index in [1.165, 1.54) is 15.4 Å². The van der Waals surface area contributed by atoms with Crippen LogP contribution >= 0.6 is 0 Å². The number of fused-ring (bicyclic) bond motifs is 2. The Morgan fingerprint density at radius 2 is 1.96 bits per heavy atom. The predicted molar refractivity (Wildman–Crippen MR) is 86.7 cm³/mol. The van der Waals surface area contributed by atoms with Gasteiger partial charge in [0.15, 0.2) is 5.52 Å². The fraction of sp³-hybridized carbons (Fsp3) is 0.412. The molecule has 26 heavy (non-hydrogen) atoms. The van der Waals surface area contributed by atoms with E-state index in [4.69, 9.17) is 4.74 Å². The fourth-order valence-electron chi connectivity index (χ4n) is 3.80. The fourth-order valence-corrected chi connectivity index (χ4v) is 3.80. The van der Waals surface area contributed by atoms with Gasteiger partial charge in [0.05, 0.1) is 31.5 Å². The molecule has 7 nitrogen and oxygen atoms in total. The van der Waals surface area contributed by atoms with Crippen LogP contribution in [-0.4, -0.2) is 38.0 Å². The van der Waals surface area contributed by atoms with E-state index in [0.717, 1.165) is 0 Å². The van der Waals surface area contributed by atoms with Gasteiger partial charge in [0.2, 0.25) is 0 Å². The third-order valence-corrected chi connectivity index (χ3v) is 5.28. The van der Waals surface area contributed by atoms with E-state index in [1.807, 2.05) is 0 Å². The molecular formula is C17H15F2N5O2. The number of nitrogens with zero attached hydrogens (tertiary/aromatic N) is 5. The Balaban J connectivity index is 1.58. The minimum absolute atomic E-state index is 0.0181. The first kappa shape index (κ1) is 15.6. The summed E-state index contributed by atoms with van der Waals surface area (Å²) < 4.78 is 35.5. The summed E-state index contributed by atoms with van der Waals surface area (Å²) in [5, 5.41) is 12.3. The Hall–Kier alpha value is -2.68. The maximum absolute atomic E-state index is 13.9. The summed E-state index contributed by atoms with van der Waals surface area (Å²) in [6.07, 6.45) is 0. The summed E-state index contributed by atoms with van der Waals surface area (Å²) >= 11 is 0. The summed E-state index contributed by atoms with van der Waals surface area (Å²) in [5.74, 6) is 0.146. The molecule has 0 unspecified atom stereocenters. The largest absolute Gasteiger partial charge is 0.381 e. The predicted octanol–water partition coefficient (Wildman–Crippen LogP) is 1.46. The molecule has 1 aromatic carbocycles. The molecule has 0 bridgehead atoms. The van der Waals surface area contributed by atoms with Crippen molar-refractivity contribution in [1.82, 2.24) is 24.8 Å². The molecule has 1 saturated carbocycles. The van der Waals surface area contributed by atoms with E-state index in [0.29, 0.717) is 18.8 Å². The highest BCUT2D eigenvalue weighted by molar-refractivity contribution is 5.75. The topological polar surface area (TPSA) is 74.8 Å². The van der Waals surface area contributed by atoms with Gasteiger partial charge in [-0.2, -0.15) is 5.10 Å². The minimum Gasteiger partial charge on any atom is -0.381 e. The number of halogens is 2. The van der Waals surface area contributed by atoms with Gasteiger partial charge < -0.3 is 4.74 Å². The van der Waals surface area contributed by atoms with Gasteiger partial charge >= 0.3 is 0 Å². The Labute approximate surface area is 146 Å². The van der Waals surface area contributed by atoms with Gasteiger partial charge in [-0.05, 0) is 6.07 Å². The van der Waals surface area contributed by atoms with Crippen LogP contribution in [0.25, 0.3) is 11.0 Å². The van der Waals surface area contributed by atoms with Crippen LogP contribution in [0.1, 0.15) is 17.3 Å². The van der Waals surface area contributed by atoms with Crippen molar-refractivity contribution in [2.75, 3.05) is 13.2 Å². The van der Waals surface area contributed by atoms with Crippen LogP contribution in [0.2, 0.25) is 0 Å². The van der Waals surface area contributed by atoms with Crippen LogP contribution in [-0.2, 0) is 18.0 Å². The lowest BCUT2D eigenvalue weighted by Gasteiger charge is -2.05. The average molecular weight is 359 g/mol. The summed E-state index contributed by atoms with van der Waals surface area (Å²) in [6.45, 7) is 0.369. The molecule has 134 valence electrons.